The summed E-state index contributed by atoms with van der Waals surface area (Å²) >= 11 is 0. The second-order valence-corrected chi connectivity index (χ2v) is 7.13. The molecular weight excluding hydrogens is 391 g/mol. The summed E-state index contributed by atoms with van der Waals surface area (Å²) in [4.78, 5) is 28.0. The van der Waals surface area contributed by atoms with Crippen LogP contribution in [0, 0.1) is 5.82 Å². The highest BCUT2D eigenvalue weighted by molar-refractivity contribution is 5.81. The summed E-state index contributed by atoms with van der Waals surface area (Å²) in [7, 11) is 0. The summed E-state index contributed by atoms with van der Waals surface area (Å²) in [6.07, 6.45) is 0.0466. The van der Waals surface area contributed by atoms with E-state index in [1.54, 1.807) is 41.3 Å². The summed E-state index contributed by atoms with van der Waals surface area (Å²) in [5, 5.41) is 0. The molecule has 1 fully saturated rings. The molecule has 0 radical (unpaired) electrons. The highest BCUT2D eigenvalue weighted by atomic mass is 19.1. The van der Waals surface area contributed by atoms with Gasteiger partial charge in [-0.3, -0.25) is 9.59 Å². The van der Waals surface area contributed by atoms with Gasteiger partial charge in [-0.1, -0.05) is 18.2 Å². The average Bonchev–Trinajstić information content (AvgIpc) is 2.78. The first-order valence-electron chi connectivity index (χ1n) is 9.91. The summed E-state index contributed by atoms with van der Waals surface area (Å²) in [5.41, 5.74) is 1.27. The minimum absolute atomic E-state index is 0.0466. The zero-order valence-electron chi connectivity index (χ0n) is 16.5. The van der Waals surface area contributed by atoms with Crippen molar-refractivity contribution in [3.05, 3.63) is 53.8 Å². The predicted molar refractivity (Wildman–Crippen MR) is 107 cm³/mol. The molecule has 2 aromatic rings. The first kappa shape index (κ1) is 20.0. The fourth-order valence-corrected chi connectivity index (χ4v) is 3.55. The van der Waals surface area contributed by atoms with Crippen LogP contribution < -0.4 is 14.4 Å². The summed E-state index contributed by atoms with van der Waals surface area (Å²) in [6, 6.07) is 11.9. The number of hydrogen-bond acceptors (Lipinski definition) is 6. The highest BCUT2D eigenvalue weighted by Gasteiger charge is 2.23. The monoisotopic (exact) mass is 414 g/mol. The zero-order valence-corrected chi connectivity index (χ0v) is 16.5. The number of para-hydroxylation sites is 1. The molecule has 0 aromatic heterocycles. The number of nitrogens with zero attached hydrogens (tertiary/aromatic N) is 2. The van der Waals surface area contributed by atoms with Crippen molar-refractivity contribution in [2.24, 2.45) is 0 Å². The number of carbonyl (C=O) groups is 2. The Morgan fingerprint density at radius 3 is 2.47 bits per heavy atom. The van der Waals surface area contributed by atoms with E-state index in [-0.39, 0.29) is 24.8 Å². The summed E-state index contributed by atoms with van der Waals surface area (Å²) in [5.74, 6) is 0.257. The number of anilines is 1. The van der Waals surface area contributed by atoms with Gasteiger partial charge >= 0.3 is 5.97 Å². The smallest absolute Gasteiger partial charge is 0.310 e. The lowest BCUT2D eigenvalue weighted by Crippen LogP contribution is -2.50. The molecule has 0 atom stereocenters. The van der Waals surface area contributed by atoms with Crippen molar-refractivity contribution in [3.8, 4) is 11.5 Å². The molecule has 0 unspecified atom stereocenters. The van der Waals surface area contributed by atoms with Gasteiger partial charge in [-0.2, -0.15) is 0 Å². The van der Waals surface area contributed by atoms with E-state index in [1.807, 2.05) is 4.90 Å². The number of ether oxygens (including phenoxy) is 3. The highest BCUT2D eigenvalue weighted by Crippen LogP contribution is 2.30. The Balaban J connectivity index is 1.23. The topological polar surface area (TPSA) is 68.3 Å². The van der Waals surface area contributed by atoms with Crippen molar-refractivity contribution in [2.75, 3.05) is 50.9 Å². The van der Waals surface area contributed by atoms with E-state index in [0.29, 0.717) is 56.6 Å². The van der Waals surface area contributed by atoms with Crippen molar-refractivity contribution < 1.29 is 28.2 Å². The molecule has 1 amide bonds. The summed E-state index contributed by atoms with van der Waals surface area (Å²) < 4.78 is 30.0. The van der Waals surface area contributed by atoms with Gasteiger partial charge in [0.1, 0.15) is 19.0 Å². The van der Waals surface area contributed by atoms with E-state index in [4.69, 9.17) is 14.2 Å². The number of halogens is 1. The Hall–Kier alpha value is -3.29. The first-order valence-corrected chi connectivity index (χ1v) is 9.91. The Morgan fingerprint density at radius 1 is 0.967 bits per heavy atom. The molecule has 4 rings (SSSR count). The van der Waals surface area contributed by atoms with Crippen LogP contribution in [-0.2, 0) is 20.7 Å². The molecule has 158 valence electrons. The van der Waals surface area contributed by atoms with Crippen LogP contribution in [0.3, 0.4) is 0 Å². The Bertz CT molecular complexity index is 927. The number of esters is 1. The van der Waals surface area contributed by atoms with Crippen LogP contribution in [0.25, 0.3) is 0 Å². The molecule has 0 spiro atoms. The zero-order chi connectivity index (χ0) is 20.9. The third-order valence-corrected chi connectivity index (χ3v) is 5.14. The maximum atomic E-state index is 13.9. The van der Waals surface area contributed by atoms with Crippen LogP contribution in [0.15, 0.2) is 42.5 Å². The molecule has 30 heavy (non-hydrogen) atoms. The van der Waals surface area contributed by atoms with Crippen LogP contribution >= 0.6 is 0 Å². The minimum Gasteiger partial charge on any atom is -0.486 e. The minimum atomic E-state index is -0.481. The Morgan fingerprint density at radius 2 is 1.70 bits per heavy atom. The van der Waals surface area contributed by atoms with E-state index < -0.39 is 5.97 Å². The van der Waals surface area contributed by atoms with Gasteiger partial charge in [0.25, 0.3) is 5.91 Å². The standard InChI is InChI=1S/C22H23FN2O5/c23-17-3-1-2-4-18(17)24-7-9-25(10-8-24)21(26)15-30-22(27)14-16-5-6-19-20(13-16)29-12-11-28-19/h1-6,13H,7-12,14-15H2. The predicted octanol–water partition coefficient (Wildman–Crippen LogP) is 2.03. The number of benzene rings is 2. The van der Waals surface area contributed by atoms with Crippen molar-refractivity contribution in [1.82, 2.24) is 4.90 Å². The fraction of sp³-hybridized carbons (Fsp3) is 0.364. The van der Waals surface area contributed by atoms with Gasteiger partial charge in [-0.05, 0) is 29.8 Å². The number of fused-ring (bicyclic) bond motifs is 1. The SMILES string of the molecule is O=C(Cc1ccc2c(c1)OCCO2)OCC(=O)N1CCN(c2ccccc2F)CC1. The van der Waals surface area contributed by atoms with Crippen molar-refractivity contribution >= 4 is 17.6 Å². The van der Waals surface area contributed by atoms with Crippen LogP contribution in [0.5, 0.6) is 11.5 Å². The molecule has 8 heteroatoms. The number of rotatable bonds is 5. The number of carbonyl (C=O) groups excluding carboxylic acids is 2. The molecule has 2 aliphatic rings. The normalized spacial score (nSPS) is 15.6. The first-order chi connectivity index (χ1) is 14.6. The molecule has 2 aromatic carbocycles. The number of hydrogen-bond donors (Lipinski definition) is 0. The van der Waals surface area contributed by atoms with Crippen LogP contribution in [0.2, 0.25) is 0 Å². The molecule has 0 aliphatic carbocycles. The van der Waals surface area contributed by atoms with E-state index in [0.717, 1.165) is 5.56 Å². The maximum Gasteiger partial charge on any atom is 0.310 e. The third kappa shape index (κ3) is 4.64. The lowest BCUT2D eigenvalue weighted by molar-refractivity contribution is -0.151. The van der Waals surface area contributed by atoms with Gasteiger partial charge in [0.2, 0.25) is 0 Å². The lowest BCUT2D eigenvalue weighted by atomic mass is 10.1. The Kier molecular flexibility index (Phi) is 6.02. The van der Waals surface area contributed by atoms with E-state index in [1.165, 1.54) is 6.07 Å². The second-order valence-electron chi connectivity index (χ2n) is 7.13. The summed E-state index contributed by atoms with van der Waals surface area (Å²) in [6.45, 7) is 2.63. The average molecular weight is 414 g/mol. The van der Waals surface area contributed by atoms with Gasteiger partial charge in [-0.25, -0.2) is 4.39 Å². The molecule has 0 saturated carbocycles. The molecule has 0 bridgehead atoms. The van der Waals surface area contributed by atoms with Crippen LogP contribution in [-0.4, -0.2) is 62.8 Å². The Labute approximate surface area is 173 Å². The van der Waals surface area contributed by atoms with Crippen molar-refractivity contribution in [2.45, 2.75) is 6.42 Å². The van der Waals surface area contributed by atoms with Gasteiger partial charge in [0.05, 0.1) is 12.1 Å². The maximum absolute atomic E-state index is 13.9. The third-order valence-electron chi connectivity index (χ3n) is 5.14. The van der Waals surface area contributed by atoms with E-state index >= 15 is 0 Å². The largest absolute Gasteiger partial charge is 0.486 e. The molecule has 0 N–H and O–H groups in total. The van der Waals surface area contributed by atoms with Gasteiger partial charge in [-0.15, -0.1) is 0 Å². The molecular formula is C22H23FN2O5. The van der Waals surface area contributed by atoms with Crippen LogP contribution in [0.4, 0.5) is 10.1 Å². The van der Waals surface area contributed by atoms with Gasteiger partial charge in [0.15, 0.2) is 18.1 Å². The second kappa shape index (κ2) is 9.02. The van der Waals surface area contributed by atoms with Crippen LogP contribution in [0.1, 0.15) is 5.56 Å². The fourth-order valence-electron chi connectivity index (χ4n) is 3.55. The van der Waals surface area contributed by atoms with E-state index in [2.05, 4.69) is 0 Å². The number of amides is 1. The molecule has 7 nitrogen and oxygen atoms in total. The number of piperazine rings is 1. The molecule has 2 heterocycles. The lowest BCUT2D eigenvalue weighted by Gasteiger charge is -2.36. The van der Waals surface area contributed by atoms with Crippen molar-refractivity contribution in [3.63, 3.8) is 0 Å². The van der Waals surface area contributed by atoms with Gasteiger partial charge < -0.3 is 24.0 Å². The van der Waals surface area contributed by atoms with E-state index in [9.17, 15) is 14.0 Å². The van der Waals surface area contributed by atoms with Crippen molar-refractivity contribution in [1.29, 1.82) is 0 Å². The molecule has 2 aliphatic heterocycles. The quantitative estimate of drug-likeness (QED) is 0.698. The molecule has 1 saturated heterocycles. The van der Waals surface area contributed by atoms with Gasteiger partial charge in [0, 0.05) is 26.2 Å².